The molecule has 272 valence electrons. The van der Waals surface area contributed by atoms with E-state index >= 15 is 0 Å². The number of methoxy groups -OCH3 is 1. The largest absolute Gasteiger partial charge is 0.493 e. The maximum atomic E-state index is 14.2. The summed E-state index contributed by atoms with van der Waals surface area (Å²) < 4.78 is 25.9. The van der Waals surface area contributed by atoms with E-state index < -0.39 is 17.6 Å². The first-order chi connectivity index (χ1) is 25.2. The maximum absolute atomic E-state index is 14.2. The number of hydrogen-bond donors (Lipinski definition) is 1. The summed E-state index contributed by atoms with van der Waals surface area (Å²) in [6.45, 7) is 2.84. The predicted octanol–water partition coefficient (Wildman–Crippen LogP) is 4.48. The molecule has 2 aliphatic heterocycles. The number of likely N-dealkylation sites (N-methyl/N-ethyl adjacent to an activating group) is 1. The summed E-state index contributed by atoms with van der Waals surface area (Å²) in [5, 5.41) is 3.09. The van der Waals surface area contributed by atoms with Crippen LogP contribution in [0.2, 0.25) is 0 Å². The second kappa shape index (κ2) is 16.6. The van der Waals surface area contributed by atoms with Crippen LogP contribution in [0.1, 0.15) is 46.9 Å². The van der Waals surface area contributed by atoms with E-state index in [0.29, 0.717) is 43.2 Å². The Bertz CT molecular complexity index is 1960. The van der Waals surface area contributed by atoms with Gasteiger partial charge in [0.25, 0.3) is 5.91 Å². The summed E-state index contributed by atoms with van der Waals surface area (Å²) in [6.07, 6.45) is 2.01. The number of likely N-dealkylation sites (tertiary alicyclic amines) is 1. The van der Waals surface area contributed by atoms with E-state index in [4.69, 9.17) is 18.9 Å². The lowest BCUT2D eigenvalue weighted by Crippen LogP contribution is -2.57. The van der Waals surface area contributed by atoms with Crippen molar-refractivity contribution in [3.8, 4) is 23.0 Å². The summed E-state index contributed by atoms with van der Waals surface area (Å²) >= 11 is 0. The van der Waals surface area contributed by atoms with Crippen LogP contribution in [0.15, 0.2) is 89.9 Å². The Morgan fingerprint density at radius 1 is 0.962 bits per heavy atom. The van der Waals surface area contributed by atoms with E-state index in [1.54, 1.807) is 29.8 Å². The SMILES string of the molecule is CCN1CC(=O)N[C@H]2CCN(C(=O)c3c(OCc4ccccc4)c(=O)ccn3C)C[C@@H]2OCc2cccc(c2)Oc2cc(ccc2OC)CCC1=O. The van der Waals surface area contributed by atoms with Crippen molar-refractivity contribution in [1.29, 1.82) is 0 Å². The number of aromatic nitrogens is 1. The molecule has 0 aliphatic carbocycles. The van der Waals surface area contributed by atoms with Crippen molar-refractivity contribution in [1.82, 2.24) is 19.7 Å². The molecule has 1 N–H and O–H groups in total. The minimum Gasteiger partial charge on any atom is -0.493 e. The van der Waals surface area contributed by atoms with Crippen LogP contribution in [0.5, 0.6) is 23.0 Å². The second-order valence-electron chi connectivity index (χ2n) is 12.9. The maximum Gasteiger partial charge on any atom is 0.274 e. The van der Waals surface area contributed by atoms with Gasteiger partial charge in [-0.1, -0.05) is 48.5 Å². The third kappa shape index (κ3) is 8.63. The molecule has 3 heterocycles. The fourth-order valence-electron chi connectivity index (χ4n) is 6.51. The van der Waals surface area contributed by atoms with Gasteiger partial charge in [-0.2, -0.15) is 0 Å². The standard InChI is InChI=1S/C40H44N4O8/c1-4-43-24-36(46)41-31-17-20-44(40(48)38-39(32(45)18-19-42(38)2)51-25-28-9-6-5-7-10-28)23-35(31)50-26-29-11-8-12-30(21-29)52-34-22-27(14-16-37(43)47)13-15-33(34)49-3/h5-13,15,18-19,21-22,31,35H,4,14,16-17,20,23-26H2,1-3H3,(H,41,46)/t31-,35-/m0/s1. The van der Waals surface area contributed by atoms with Gasteiger partial charge in [0.1, 0.15) is 12.4 Å². The lowest BCUT2D eigenvalue weighted by molar-refractivity contribution is -0.136. The highest BCUT2D eigenvalue weighted by Crippen LogP contribution is 2.33. The van der Waals surface area contributed by atoms with Crippen molar-refractivity contribution < 1.29 is 33.3 Å². The zero-order valence-electron chi connectivity index (χ0n) is 29.7. The number of piperidine rings is 1. The molecule has 4 bridgehead atoms. The molecule has 0 radical (unpaired) electrons. The molecule has 2 atom stereocenters. The van der Waals surface area contributed by atoms with Crippen LogP contribution < -0.4 is 25.0 Å². The lowest BCUT2D eigenvalue weighted by atomic mass is 10.0. The third-order valence-electron chi connectivity index (χ3n) is 9.38. The normalized spacial score (nSPS) is 18.3. The molecule has 12 heteroatoms. The summed E-state index contributed by atoms with van der Waals surface area (Å²) in [7, 11) is 3.27. The molecule has 6 rings (SSSR count). The molecular weight excluding hydrogens is 664 g/mol. The van der Waals surface area contributed by atoms with E-state index in [-0.39, 0.29) is 61.9 Å². The molecule has 1 fully saturated rings. The third-order valence-corrected chi connectivity index (χ3v) is 9.38. The van der Waals surface area contributed by atoms with Gasteiger partial charge in [0, 0.05) is 45.4 Å². The summed E-state index contributed by atoms with van der Waals surface area (Å²) in [5.74, 6) is 0.785. The Labute approximate surface area is 302 Å². The zero-order valence-corrected chi connectivity index (χ0v) is 29.7. The Morgan fingerprint density at radius 3 is 2.58 bits per heavy atom. The van der Waals surface area contributed by atoms with Crippen molar-refractivity contribution in [3.05, 3.63) is 118 Å². The topological polar surface area (TPSA) is 129 Å². The molecule has 3 amide bonds. The quantitative estimate of drug-likeness (QED) is 0.311. The number of carbonyl (C=O) groups is 3. The minimum absolute atomic E-state index is 0.0248. The zero-order chi connectivity index (χ0) is 36.6. The number of benzene rings is 3. The van der Waals surface area contributed by atoms with Crippen LogP contribution in [0.25, 0.3) is 0 Å². The van der Waals surface area contributed by atoms with E-state index in [1.807, 2.05) is 79.7 Å². The molecule has 0 unspecified atom stereocenters. The number of nitrogens with zero attached hydrogens (tertiary/aromatic N) is 3. The van der Waals surface area contributed by atoms with Gasteiger partial charge >= 0.3 is 0 Å². The second-order valence-corrected chi connectivity index (χ2v) is 12.9. The first-order valence-electron chi connectivity index (χ1n) is 17.5. The number of fused-ring (bicyclic) bond motifs is 5. The van der Waals surface area contributed by atoms with Gasteiger partial charge in [0.2, 0.25) is 17.2 Å². The first kappa shape index (κ1) is 36.2. The molecule has 3 aromatic carbocycles. The highest BCUT2D eigenvalue weighted by molar-refractivity contribution is 5.95. The van der Waals surface area contributed by atoms with Crippen LogP contribution in [0, 0.1) is 0 Å². The number of aryl methyl sites for hydroxylation is 2. The highest BCUT2D eigenvalue weighted by atomic mass is 16.5. The Kier molecular flexibility index (Phi) is 11.5. The molecule has 0 saturated carbocycles. The molecule has 52 heavy (non-hydrogen) atoms. The van der Waals surface area contributed by atoms with E-state index in [1.165, 1.54) is 11.0 Å². The van der Waals surface area contributed by atoms with Gasteiger partial charge in [-0.15, -0.1) is 0 Å². The number of amides is 3. The van der Waals surface area contributed by atoms with Gasteiger partial charge in [0.15, 0.2) is 22.9 Å². The van der Waals surface area contributed by atoms with Gasteiger partial charge in [-0.3, -0.25) is 19.2 Å². The van der Waals surface area contributed by atoms with Crippen molar-refractivity contribution in [2.24, 2.45) is 7.05 Å². The van der Waals surface area contributed by atoms with E-state index in [2.05, 4.69) is 5.32 Å². The van der Waals surface area contributed by atoms with Crippen LogP contribution in [0.4, 0.5) is 0 Å². The molecule has 2 aliphatic rings. The number of carbonyl (C=O) groups excluding carboxylic acids is 3. The summed E-state index contributed by atoms with van der Waals surface area (Å²) in [6, 6.07) is 23.4. The average molecular weight is 709 g/mol. The molecule has 0 spiro atoms. The fourth-order valence-corrected chi connectivity index (χ4v) is 6.51. The molecule has 1 saturated heterocycles. The predicted molar refractivity (Wildman–Crippen MR) is 194 cm³/mol. The number of hydrogen-bond acceptors (Lipinski definition) is 8. The highest BCUT2D eigenvalue weighted by Gasteiger charge is 2.36. The Balaban J connectivity index is 1.27. The Morgan fingerprint density at radius 2 is 1.79 bits per heavy atom. The number of nitrogens with one attached hydrogen (secondary N) is 1. The van der Waals surface area contributed by atoms with Crippen molar-refractivity contribution in [3.63, 3.8) is 0 Å². The van der Waals surface area contributed by atoms with Crippen molar-refractivity contribution >= 4 is 17.7 Å². The lowest BCUT2D eigenvalue weighted by Gasteiger charge is -2.39. The van der Waals surface area contributed by atoms with E-state index in [9.17, 15) is 19.2 Å². The van der Waals surface area contributed by atoms with Gasteiger partial charge in [-0.05, 0) is 60.7 Å². The van der Waals surface area contributed by atoms with Gasteiger partial charge in [-0.25, -0.2) is 0 Å². The van der Waals surface area contributed by atoms with Crippen molar-refractivity contribution in [2.75, 3.05) is 33.3 Å². The first-order valence-corrected chi connectivity index (χ1v) is 17.5. The number of ether oxygens (including phenoxy) is 4. The van der Waals surface area contributed by atoms with Crippen LogP contribution in [-0.4, -0.2) is 77.5 Å². The summed E-state index contributed by atoms with van der Waals surface area (Å²) in [5.41, 5.74) is 2.33. The minimum atomic E-state index is -0.609. The number of pyridine rings is 1. The average Bonchev–Trinajstić information content (AvgIpc) is 3.16. The fraction of sp³-hybridized carbons (Fsp3) is 0.350. The smallest absolute Gasteiger partial charge is 0.274 e. The monoisotopic (exact) mass is 708 g/mol. The molecule has 4 aromatic rings. The van der Waals surface area contributed by atoms with Gasteiger partial charge < -0.3 is 38.6 Å². The van der Waals surface area contributed by atoms with Crippen LogP contribution >= 0.6 is 0 Å². The Hall–Kier alpha value is -5.62. The van der Waals surface area contributed by atoms with Crippen LogP contribution in [-0.2, 0) is 41.0 Å². The molecule has 1 aromatic heterocycles. The summed E-state index contributed by atoms with van der Waals surface area (Å²) in [4.78, 5) is 57.1. The van der Waals surface area contributed by atoms with Crippen molar-refractivity contribution in [2.45, 2.75) is 51.5 Å². The molecular formula is C40H44N4O8. The van der Waals surface area contributed by atoms with E-state index in [0.717, 1.165) is 16.7 Å². The number of rotatable bonds is 6. The molecule has 12 nitrogen and oxygen atoms in total. The van der Waals surface area contributed by atoms with Gasteiger partial charge in [0.05, 0.1) is 32.4 Å². The van der Waals surface area contributed by atoms with Crippen LogP contribution in [0.3, 0.4) is 0 Å².